The molecule has 0 saturated carbocycles. The standard InChI is InChI=1S/CH2O3.2Re/c2-1(3)4;;/h(H2,2,3,4);;. The van der Waals surface area contributed by atoms with E-state index >= 15 is 0 Å². The van der Waals surface area contributed by atoms with Gasteiger partial charge in [0, 0.05) is 40.8 Å². The molecule has 3 nitrogen and oxygen atoms in total. The van der Waals surface area contributed by atoms with Crippen LogP contribution >= 0.6 is 0 Å². The fraction of sp³-hybridized carbons (Fsp3) is 0. The van der Waals surface area contributed by atoms with Crippen LogP contribution in [0.4, 0.5) is 4.79 Å². The molecule has 0 aromatic carbocycles. The molecular weight excluding hydrogens is 432 g/mol. The van der Waals surface area contributed by atoms with Gasteiger partial charge in [0.05, 0.1) is 0 Å². The van der Waals surface area contributed by atoms with Crippen LogP contribution in [0.1, 0.15) is 0 Å². The third-order valence-electron chi connectivity index (χ3n) is 0. The zero-order valence-corrected chi connectivity index (χ0v) is 7.99. The molecule has 0 fully saturated rings. The summed E-state index contributed by atoms with van der Waals surface area (Å²) in [6, 6.07) is 0. The number of carbonyl (C=O) groups is 1. The molecule has 0 rings (SSSR count). The van der Waals surface area contributed by atoms with Crippen LogP contribution in [0.15, 0.2) is 0 Å². The van der Waals surface area contributed by atoms with Gasteiger partial charge in [-0.2, -0.15) is 0 Å². The predicted molar refractivity (Wildman–Crippen MR) is 10.7 cm³/mol. The molecule has 0 heterocycles. The van der Waals surface area contributed by atoms with Gasteiger partial charge in [0.25, 0.3) is 0 Å². The summed E-state index contributed by atoms with van der Waals surface area (Å²) >= 11 is 0. The Hall–Kier alpha value is 0.595. The molecule has 38 valence electrons. The van der Waals surface area contributed by atoms with Gasteiger partial charge in [-0.15, -0.1) is 0 Å². The molecule has 0 spiro atoms. The quantitative estimate of drug-likeness (QED) is 0.574. The number of hydrogen-bond acceptors (Lipinski definition) is 1. The summed E-state index contributed by atoms with van der Waals surface area (Å²) in [4.78, 5) is 8.56. The van der Waals surface area contributed by atoms with Crippen LogP contribution in [0.25, 0.3) is 0 Å². The number of hydrogen-bond donors (Lipinski definition) is 2. The van der Waals surface area contributed by atoms with E-state index in [2.05, 4.69) is 0 Å². The van der Waals surface area contributed by atoms with Gasteiger partial charge in [-0.25, -0.2) is 4.79 Å². The number of carboxylic acid groups (broad SMARTS) is 2. The van der Waals surface area contributed by atoms with E-state index in [9.17, 15) is 0 Å². The van der Waals surface area contributed by atoms with Gasteiger partial charge in [-0.1, -0.05) is 0 Å². The maximum atomic E-state index is 8.56. The summed E-state index contributed by atoms with van der Waals surface area (Å²) in [5, 5.41) is 13.9. The van der Waals surface area contributed by atoms with Crippen LogP contribution in [0, 0.1) is 0 Å². The smallest absolute Gasteiger partial charge is 0.450 e. The summed E-state index contributed by atoms with van der Waals surface area (Å²) in [5.74, 6) is 0. The van der Waals surface area contributed by atoms with Gasteiger partial charge in [0.2, 0.25) is 0 Å². The van der Waals surface area contributed by atoms with Crippen molar-refractivity contribution < 1.29 is 55.9 Å². The fourth-order valence-corrected chi connectivity index (χ4v) is 0. The first-order chi connectivity index (χ1) is 1.73. The average Bonchev–Trinajstić information content (AvgIpc) is 0.811. The van der Waals surface area contributed by atoms with E-state index in [4.69, 9.17) is 15.0 Å². The van der Waals surface area contributed by atoms with Crippen molar-refractivity contribution in [2.75, 3.05) is 0 Å². The Labute approximate surface area is 62.0 Å². The van der Waals surface area contributed by atoms with Crippen LogP contribution in [-0.2, 0) is 40.8 Å². The molecule has 2 radical (unpaired) electrons. The molecule has 0 amide bonds. The second-order valence-electron chi connectivity index (χ2n) is 0.283. The summed E-state index contributed by atoms with van der Waals surface area (Å²) in [6.45, 7) is 0. The zero-order chi connectivity index (χ0) is 3.58. The maximum absolute atomic E-state index is 8.56. The molecule has 0 aromatic rings. The summed E-state index contributed by atoms with van der Waals surface area (Å²) in [5.41, 5.74) is 0. The Kier molecular flexibility index (Phi) is 24.3. The van der Waals surface area contributed by atoms with Crippen LogP contribution in [0.2, 0.25) is 0 Å². The summed E-state index contributed by atoms with van der Waals surface area (Å²) < 4.78 is 0. The van der Waals surface area contributed by atoms with E-state index in [0.29, 0.717) is 0 Å². The summed E-state index contributed by atoms with van der Waals surface area (Å²) in [6.07, 6.45) is -1.83. The molecule has 0 aromatic heterocycles. The Morgan fingerprint density at radius 3 is 1.17 bits per heavy atom. The molecule has 6 heavy (non-hydrogen) atoms. The minimum atomic E-state index is -1.83. The second kappa shape index (κ2) is 9.14. The third-order valence-corrected chi connectivity index (χ3v) is 0. The topological polar surface area (TPSA) is 57.5 Å². The molecule has 0 aliphatic heterocycles. The van der Waals surface area contributed by atoms with Crippen molar-refractivity contribution >= 4 is 6.16 Å². The van der Waals surface area contributed by atoms with E-state index in [1.54, 1.807) is 0 Å². The third kappa shape index (κ3) is 168. The maximum Gasteiger partial charge on any atom is 0.503 e. The number of rotatable bonds is 0. The van der Waals surface area contributed by atoms with Gasteiger partial charge in [-0.3, -0.25) is 0 Å². The predicted octanol–water partition coefficient (Wildman–Crippen LogP) is 0.217. The Balaban J connectivity index is -0.0000000450. The second-order valence-corrected chi connectivity index (χ2v) is 0.283. The van der Waals surface area contributed by atoms with Crippen molar-refractivity contribution in [3.05, 3.63) is 0 Å². The normalized spacial score (nSPS) is 4.00. The SMILES string of the molecule is O=C(O)O.[Re].[Re]. The van der Waals surface area contributed by atoms with Gasteiger partial charge < -0.3 is 10.2 Å². The van der Waals surface area contributed by atoms with Crippen LogP contribution in [-0.4, -0.2) is 16.4 Å². The first kappa shape index (κ1) is 16.0. The van der Waals surface area contributed by atoms with E-state index in [-0.39, 0.29) is 40.8 Å². The molecule has 5 heteroatoms. The van der Waals surface area contributed by atoms with Gasteiger partial charge in [-0.05, 0) is 0 Å². The largest absolute Gasteiger partial charge is 0.503 e. The molecule has 0 unspecified atom stereocenters. The molecule has 0 bridgehead atoms. The monoisotopic (exact) mass is 436 g/mol. The van der Waals surface area contributed by atoms with Crippen molar-refractivity contribution in [2.24, 2.45) is 0 Å². The van der Waals surface area contributed by atoms with E-state index in [0.717, 1.165) is 0 Å². The van der Waals surface area contributed by atoms with E-state index < -0.39 is 6.16 Å². The van der Waals surface area contributed by atoms with E-state index in [1.807, 2.05) is 0 Å². The average molecular weight is 434 g/mol. The first-order valence-corrected chi connectivity index (χ1v) is 0.651. The molecule has 0 saturated heterocycles. The Morgan fingerprint density at radius 2 is 1.17 bits per heavy atom. The molecule has 0 aliphatic carbocycles. The van der Waals surface area contributed by atoms with Crippen molar-refractivity contribution in [1.82, 2.24) is 0 Å². The van der Waals surface area contributed by atoms with Crippen molar-refractivity contribution in [3.8, 4) is 0 Å². The van der Waals surface area contributed by atoms with Crippen LogP contribution in [0.5, 0.6) is 0 Å². The van der Waals surface area contributed by atoms with Crippen molar-refractivity contribution in [1.29, 1.82) is 0 Å². The van der Waals surface area contributed by atoms with Crippen molar-refractivity contribution in [2.45, 2.75) is 0 Å². The van der Waals surface area contributed by atoms with Gasteiger partial charge in [0.15, 0.2) is 0 Å². The summed E-state index contributed by atoms with van der Waals surface area (Å²) in [7, 11) is 0. The molecule has 2 N–H and O–H groups in total. The zero-order valence-electron chi connectivity index (χ0n) is 2.56. The first-order valence-electron chi connectivity index (χ1n) is 0.651. The fourth-order valence-electron chi connectivity index (χ4n) is 0. The minimum absolute atomic E-state index is 0. The van der Waals surface area contributed by atoms with Gasteiger partial charge >= 0.3 is 6.16 Å². The van der Waals surface area contributed by atoms with Crippen molar-refractivity contribution in [3.63, 3.8) is 0 Å². The Bertz CT molecular complexity index is 31.8. The van der Waals surface area contributed by atoms with Crippen LogP contribution < -0.4 is 0 Å². The van der Waals surface area contributed by atoms with E-state index in [1.165, 1.54) is 0 Å². The molecular formula is CH2O3Re2. The van der Waals surface area contributed by atoms with Gasteiger partial charge in [0.1, 0.15) is 0 Å². The molecule has 0 aliphatic rings. The molecule has 0 atom stereocenters. The minimum Gasteiger partial charge on any atom is -0.450 e. The Morgan fingerprint density at radius 1 is 1.17 bits per heavy atom. The van der Waals surface area contributed by atoms with Crippen LogP contribution in [0.3, 0.4) is 0 Å².